The SMILES string of the molecule is O=C(NC1CCCC(c2nc3ccccc3[nH]2)C1)c1ccco1. The number of H-pyrrole nitrogens is 1. The van der Waals surface area contributed by atoms with Gasteiger partial charge in [-0.25, -0.2) is 4.98 Å². The minimum absolute atomic E-state index is 0.134. The summed E-state index contributed by atoms with van der Waals surface area (Å²) in [6.45, 7) is 0. The highest BCUT2D eigenvalue weighted by molar-refractivity contribution is 5.91. The average Bonchev–Trinajstić information content (AvgIpc) is 3.24. The molecular formula is C18H19N3O2. The van der Waals surface area contributed by atoms with Gasteiger partial charge in [-0.3, -0.25) is 4.79 Å². The van der Waals surface area contributed by atoms with Gasteiger partial charge in [0.05, 0.1) is 17.3 Å². The number of para-hydroxylation sites is 2. The first-order valence-corrected chi connectivity index (χ1v) is 8.08. The third-order valence-corrected chi connectivity index (χ3v) is 4.55. The van der Waals surface area contributed by atoms with Gasteiger partial charge < -0.3 is 14.7 Å². The number of fused-ring (bicyclic) bond motifs is 1. The van der Waals surface area contributed by atoms with Crippen LogP contribution in [0.15, 0.2) is 47.1 Å². The Morgan fingerprint density at radius 3 is 2.96 bits per heavy atom. The summed E-state index contributed by atoms with van der Waals surface area (Å²) in [5, 5.41) is 3.08. The fourth-order valence-corrected chi connectivity index (χ4v) is 3.40. The van der Waals surface area contributed by atoms with Crippen molar-refractivity contribution in [3.8, 4) is 0 Å². The Bertz CT molecular complexity index is 774. The maximum Gasteiger partial charge on any atom is 0.287 e. The number of carbonyl (C=O) groups is 1. The van der Waals surface area contributed by atoms with Crippen LogP contribution < -0.4 is 5.32 Å². The number of imidazole rings is 1. The van der Waals surface area contributed by atoms with Crippen LogP contribution in [0.4, 0.5) is 0 Å². The van der Waals surface area contributed by atoms with Crippen LogP contribution in [0.1, 0.15) is 48.0 Å². The molecule has 1 saturated carbocycles. The van der Waals surface area contributed by atoms with Crippen LogP contribution in [0.25, 0.3) is 11.0 Å². The molecule has 5 heteroatoms. The average molecular weight is 309 g/mol. The standard InChI is InChI=1S/C18H19N3O2/c22-18(16-9-4-10-23-16)19-13-6-3-5-12(11-13)17-20-14-7-1-2-8-15(14)21-17/h1-2,4,7-10,12-13H,3,5-6,11H2,(H,19,22)(H,20,21). The number of aromatic amines is 1. The number of hydrogen-bond donors (Lipinski definition) is 2. The van der Waals surface area contributed by atoms with E-state index in [1.54, 1.807) is 12.1 Å². The number of nitrogens with zero attached hydrogens (tertiary/aromatic N) is 1. The Balaban J connectivity index is 1.47. The van der Waals surface area contributed by atoms with Gasteiger partial charge >= 0.3 is 0 Å². The van der Waals surface area contributed by atoms with E-state index >= 15 is 0 Å². The predicted octanol–water partition coefficient (Wildman–Crippen LogP) is 3.61. The van der Waals surface area contributed by atoms with Gasteiger partial charge in [0.25, 0.3) is 5.91 Å². The van der Waals surface area contributed by atoms with Gasteiger partial charge in [0.2, 0.25) is 0 Å². The third kappa shape index (κ3) is 2.86. The van der Waals surface area contributed by atoms with Crippen molar-refractivity contribution < 1.29 is 9.21 Å². The van der Waals surface area contributed by atoms with Gasteiger partial charge in [-0.2, -0.15) is 0 Å². The number of amides is 1. The van der Waals surface area contributed by atoms with E-state index in [1.807, 2.05) is 24.3 Å². The number of nitrogens with one attached hydrogen (secondary N) is 2. The van der Waals surface area contributed by atoms with E-state index in [4.69, 9.17) is 9.40 Å². The second-order valence-electron chi connectivity index (χ2n) is 6.15. The van der Waals surface area contributed by atoms with Crippen LogP contribution >= 0.6 is 0 Å². The van der Waals surface area contributed by atoms with E-state index in [0.717, 1.165) is 42.5 Å². The van der Waals surface area contributed by atoms with Gasteiger partial charge in [-0.15, -0.1) is 0 Å². The Morgan fingerprint density at radius 1 is 1.22 bits per heavy atom. The smallest absolute Gasteiger partial charge is 0.287 e. The first-order chi connectivity index (χ1) is 11.3. The zero-order chi connectivity index (χ0) is 15.6. The molecule has 2 atom stereocenters. The van der Waals surface area contributed by atoms with E-state index in [1.165, 1.54) is 6.26 Å². The summed E-state index contributed by atoms with van der Waals surface area (Å²) in [7, 11) is 0. The highest BCUT2D eigenvalue weighted by Crippen LogP contribution is 2.32. The highest BCUT2D eigenvalue weighted by Gasteiger charge is 2.27. The van der Waals surface area contributed by atoms with E-state index in [0.29, 0.717) is 11.7 Å². The lowest BCUT2D eigenvalue weighted by Crippen LogP contribution is -2.38. The molecule has 1 aromatic carbocycles. The number of benzene rings is 1. The molecule has 23 heavy (non-hydrogen) atoms. The van der Waals surface area contributed by atoms with E-state index in [2.05, 4.69) is 10.3 Å². The zero-order valence-electron chi connectivity index (χ0n) is 12.8. The Hall–Kier alpha value is -2.56. The molecule has 0 aliphatic heterocycles. The lowest BCUT2D eigenvalue weighted by molar-refractivity contribution is 0.0896. The minimum Gasteiger partial charge on any atom is -0.459 e. The maximum absolute atomic E-state index is 12.1. The molecular weight excluding hydrogens is 290 g/mol. The molecule has 1 fully saturated rings. The summed E-state index contributed by atoms with van der Waals surface area (Å²) in [4.78, 5) is 20.3. The topological polar surface area (TPSA) is 70.9 Å². The molecule has 0 bridgehead atoms. The molecule has 1 amide bonds. The fraction of sp³-hybridized carbons (Fsp3) is 0.333. The number of furan rings is 1. The lowest BCUT2D eigenvalue weighted by atomic mass is 9.85. The van der Waals surface area contributed by atoms with Crippen molar-refractivity contribution in [2.24, 2.45) is 0 Å². The summed E-state index contributed by atoms with van der Waals surface area (Å²) in [5.74, 6) is 1.63. The van der Waals surface area contributed by atoms with Crippen LogP contribution in [0, 0.1) is 0 Å². The van der Waals surface area contributed by atoms with E-state index < -0.39 is 0 Å². The van der Waals surface area contributed by atoms with Gasteiger partial charge in [0.1, 0.15) is 5.82 Å². The van der Waals surface area contributed by atoms with Crippen molar-refractivity contribution >= 4 is 16.9 Å². The van der Waals surface area contributed by atoms with Gasteiger partial charge in [-0.05, 0) is 43.5 Å². The molecule has 3 aromatic rings. The van der Waals surface area contributed by atoms with E-state index in [-0.39, 0.29) is 11.9 Å². The summed E-state index contributed by atoms with van der Waals surface area (Å²) in [6, 6.07) is 11.7. The second-order valence-corrected chi connectivity index (χ2v) is 6.15. The Morgan fingerprint density at radius 2 is 2.13 bits per heavy atom. The van der Waals surface area contributed by atoms with Crippen LogP contribution in [-0.4, -0.2) is 21.9 Å². The van der Waals surface area contributed by atoms with Gasteiger partial charge in [0.15, 0.2) is 5.76 Å². The normalized spacial score (nSPS) is 21.4. The lowest BCUT2D eigenvalue weighted by Gasteiger charge is -2.28. The monoisotopic (exact) mass is 309 g/mol. The Kier molecular flexibility index (Phi) is 3.61. The van der Waals surface area contributed by atoms with Crippen molar-refractivity contribution in [1.82, 2.24) is 15.3 Å². The van der Waals surface area contributed by atoms with Crippen molar-refractivity contribution in [3.63, 3.8) is 0 Å². The summed E-state index contributed by atoms with van der Waals surface area (Å²) in [5.41, 5.74) is 2.08. The molecule has 0 radical (unpaired) electrons. The molecule has 5 nitrogen and oxygen atoms in total. The van der Waals surface area contributed by atoms with Crippen LogP contribution in [0.5, 0.6) is 0 Å². The summed E-state index contributed by atoms with van der Waals surface area (Å²) in [6.07, 6.45) is 5.63. The summed E-state index contributed by atoms with van der Waals surface area (Å²) < 4.78 is 5.16. The molecule has 2 unspecified atom stereocenters. The number of carbonyl (C=O) groups excluding carboxylic acids is 1. The fourth-order valence-electron chi connectivity index (χ4n) is 3.40. The van der Waals surface area contributed by atoms with Crippen molar-refractivity contribution in [1.29, 1.82) is 0 Å². The molecule has 2 N–H and O–H groups in total. The van der Waals surface area contributed by atoms with Gasteiger partial charge in [0, 0.05) is 12.0 Å². The first-order valence-electron chi connectivity index (χ1n) is 8.08. The number of hydrogen-bond acceptors (Lipinski definition) is 3. The Labute approximate surface area is 134 Å². The largest absolute Gasteiger partial charge is 0.459 e. The van der Waals surface area contributed by atoms with E-state index in [9.17, 15) is 4.79 Å². The molecule has 0 spiro atoms. The number of aromatic nitrogens is 2. The quantitative estimate of drug-likeness (QED) is 0.776. The molecule has 1 aliphatic carbocycles. The second kappa shape index (κ2) is 5.91. The molecule has 4 rings (SSSR count). The zero-order valence-corrected chi connectivity index (χ0v) is 12.8. The minimum atomic E-state index is -0.134. The molecule has 118 valence electrons. The third-order valence-electron chi connectivity index (χ3n) is 4.55. The van der Waals surface area contributed by atoms with Crippen molar-refractivity contribution in [3.05, 3.63) is 54.2 Å². The summed E-state index contributed by atoms with van der Waals surface area (Å²) >= 11 is 0. The van der Waals surface area contributed by atoms with Gasteiger partial charge in [-0.1, -0.05) is 18.6 Å². The van der Waals surface area contributed by atoms with Crippen molar-refractivity contribution in [2.45, 2.75) is 37.6 Å². The molecule has 2 aromatic heterocycles. The molecule has 0 saturated heterocycles. The predicted molar refractivity (Wildman–Crippen MR) is 87.3 cm³/mol. The molecule has 1 aliphatic rings. The van der Waals surface area contributed by atoms with Crippen LogP contribution in [0.2, 0.25) is 0 Å². The van der Waals surface area contributed by atoms with Crippen LogP contribution in [-0.2, 0) is 0 Å². The highest BCUT2D eigenvalue weighted by atomic mass is 16.3. The number of rotatable bonds is 3. The first kappa shape index (κ1) is 14.1. The molecule has 2 heterocycles. The van der Waals surface area contributed by atoms with Crippen molar-refractivity contribution in [2.75, 3.05) is 0 Å². The maximum atomic E-state index is 12.1. The van der Waals surface area contributed by atoms with Crippen LogP contribution in [0.3, 0.4) is 0 Å².